The number of hydrogen-bond acceptors (Lipinski definition) is 4. The molecule has 1 aliphatic rings. The molecule has 0 radical (unpaired) electrons. The zero-order chi connectivity index (χ0) is 15.5. The summed E-state index contributed by atoms with van der Waals surface area (Å²) in [6.45, 7) is 2.15. The van der Waals surface area contributed by atoms with Gasteiger partial charge in [0.2, 0.25) is 11.8 Å². The van der Waals surface area contributed by atoms with Crippen LogP contribution in [-0.2, 0) is 9.59 Å². The molecule has 7 nitrogen and oxygen atoms in total. The number of carbonyl (C=O) groups excluding carboxylic acids is 2. The molecule has 1 saturated heterocycles. The van der Waals surface area contributed by atoms with Crippen LogP contribution in [0.2, 0.25) is 0 Å². The van der Waals surface area contributed by atoms with Gasteiger partial charge in [0.1, 0.15) is 6.04 Å². The maximum absolute atomic E-state index is 12.3. The predicted octanol–water partition coefficient (Wildman–Crippen LogP) is 1.22. The van der Waals surface area contributed by atoms with E-state index in [0.29, 0.717) is 18.7 Å². The van der Waals surface area contributed by atoms with Crippen LogP contribution in [-0.4, -0.2) is 44.3 Å². The van der Waals surface area contributed by atoms with Crippen molar-refractivity contribution in [3.8, 4) is 5.69 Å². The number of benzene rings is 1. The third kappa shape index (κ3) is 2.83. The van der Waals surface area contributed by atoms with Crippen molar-refractivity contribution >= 4 is 17.5 Å². The molecule has 0 aliphatic carbocycles. The zero-order valence-electron chi connectivity index (χ0n) is 12.3. The highest BCUT2D eigenvalue weighted by atomic mass is 16.2. The molecule has 0 unspecified atom stereocenters. The minimum Gasteiger partial charge on any atom is -0.331 e. The van der Waals surface area contributed by atoms with E-state index in [4.69, 9.17) is 0 Å². The normalized spacial score (nSPS) is 17.5. The number of nitrogens with zero attached hydrogens (tertiary/aromatic N) is 4. The van der Waals surface area contributed by atoms with E-state index >= 15 is 0 Å². The van der Waals surface area contributed by atoms with E-state index in [1.165, 1.54) is 6.92 Å². The number of amides is 2. The molecule has 1 aromatic heterocycles. The Morgan fingerprint density at radius 2 is 2.05 bits per heavy atom. The van der Waals surface area contributed by atoms with Crippen LogP contribution in [0.5, 0.6) is 0 Å². The lowest BCUT2D eigenvalue weighted by Crippen LogP contribution is -2.42. The average molecular weight is 299 g/mol. The molecule has 2 aromatic rings. The summed E-state index contributed by atoms with van der Waals surface area (Å²) in [5, 5.41) is 10.5. The fraction of sp³-hybridized carbons (Fsp3) is 0.333. The summed E-state index contributed by atoms with van der Waals surface area (Å²) in [5.74, 6) is -0.194. The summed E-state index contributed by atoms with van der Waals surface area (Å²) in [7, 11) is 0. The first-order valence-corrected chi connectivity index (χ1v) is 7.20. The monoisotopic (exact) mass is 299 g/mol. The number of carbonyl (C=O) groups is 2. The fourth-order valence-corrected chi connectivity index (χ4v) is 2.69. The largest absolute Gasteiger partial charge is 0.331 e. The zero-order valence-corrected chi connectivity index (χ0v) is 12.3. The Morgan fingerprint density at radius 1 is 1.27 bits per heavy atom. The van der Waals surface area contributed by atoms with Gasteiger partial charge in [0.25, 0.3) is 0 Å². The minimum absolute atomic E-state index is 0.0563. The molecule has 1 atom stereocenters. The second kappa shape index (κ2) is 5.97. The Hall–Kier alpha value is -2.70. The third-order valence-electron chi connectivity index (χ3n) is 3.78. The summed E-state index contributed by atoms with van der Waals surface area (Å²) in [4.78, 5) is 25.5. The van der Waals surface area contributed by atoms with E-state index in [9.17, 15) is 9.59 Å². The van der Waals surface area contributed by atoms with Gasteiger partial charge >= 0.3 is 0 Å². The first-order chi connectivity index (χ1) is 10.6. The van der Waals surface area contributed by atoms with Crippen molar-refractivity contribution in [3.05, 3.63) is 36.7 Å². The van der Waals surface area contributed by atoms with Crippen molar-refractivity contribution in [3.63, 3.8) is 0 Å². The molecule has 1 N–H and O–H groups in total. The van der Waals surface area contributed by atoms with Gasteiger partial charge in [0.15, 0.2) is 0 Å². The Bertz CT molecular complexity index is 666. The average Bonchev–Trinajstić information content (AvgIpc) is 3.19. The first-order valence-electron chi connectivity index (χ1n) is 7.20. The van der Waals surface area contributed by atoms with E-state index in [0.717, 1.165) is 12.1 Å². The summed E-state index contributed by atoms with van der Waals surface area (Å²) >= 11 is 0. The predicted molar refractivity (Wildman–Crippen MR) is 80.4 cm³/mol. The maximum atomic E-state index is 12.3. The number of rotatable bonds is 3. The molecular weight excluding hydrogens is 282 g/mol. The molecule has 1 fully saturated rings. The van der Waals surface area contributed by atoms with Gasteiger partial charge in [-0.2, -0.15) is 0 Å². The van der Waals surface area contributed by atoms with E-state index in [2.05, 4.69) is 15.6 Å². The second-order valence-corrected chi connectivity index (χ2v) is 5.25. The van der Waals surface area contributed by atoms with Gasteiger partial charge in [-0.25, -0.2) is 4.68 Å². The quantitative estimate of drug-likeness (QED) is 0.924. The number of likely N-dealkylation sites (tertiary alicyclic amines) is 1. The summed E-state index contributed by atoms with van der Waals surface area (Å²) in [6, 6.07) is 6.94. The molecule has 1 aliphatic heterocycles. The highest BCUT2D eigenvalue weighted by molar-refractivity contribution is 5.97. The summed E-state index contributed by atoms with van der Waals surface area (Å²) in [5.41, 5.74) is 1.56. The van der Waals surface area contributed by atoms with Gasteiger partial charge in [-0.05, 0) is 37.1 Å². The Morgan fingerprint density at radius 3 is 2.68 bits per heavy atom. The van der Waals surface area contributed by atoms with Crippen molar-refractivity contribution in [2.45, 2.75) is 25.8 Å². The van der Waals surface area contributed by atoms with Gasteiger partial charge in [0, 0.05) is 19.2 Å². The van der Waals surface area contributed by atoms with Crippen molar-refractivity contribution in [2.75, 3.05) is 11.9 Å². The molecule has 1 aromatic carbocycles. The Kier molecular flexibility index (Phi) is 3.86. The maximum Gasteiger partial charge on any atom is 0.247 e. The summed E-state index contributed by atoms with van der Waals surface area (Å²) in [6.07, 6.45) is 4.92. The number of aromatic nitrogens is 3. The molecule has 7 heteroatoms. The molecule has 2 heterocycles. The van der Waals surface area contributed by atoms with Gasteiger partial charge in [-0.3, -0.25) is 9.59 Å². The lowest BCUT2D eigenvalue weighted by atomic mass is 10.2. The third-order valence-corrected chi connectivity index (χ3v) is 3.78. The Labute approximate surface area is 127 Å². The number of hydrogen-bond donors (Lipinski definition) is 1. The fourth-order valence-electron chi connectivity index (χ4n) is 2.69. The SMILES string of the molecule is CC(=O)N1CCC[C@@H]1C(=O)Nc1ccc(-n2ccnn2)cc1. The highest BCUT2D eigenvalue weighted by Crippen LogP contribution is 2.20. The lowest BCUT2D eigenvalue weighted by molar-refractivity contribution is -0.134. The lowest BCUT2D eigenvalue weighted by Gasteiger charge is -2.22. The first kappa shape index (κ1) is 14.2. The molecule has 0 bridgehead atoms. The van der Waals surface area contributed by atoms with Crippen LogP contribution >= 0.6 is 0 Å². The van der Waals surface area contributed by atoms with Crippen LogP contribution in [0.25, 0.3) is 5.69 Å². The van der Waals surface area contributed by atoms with Crippen molar-refractivity contribution in [2.24, 2.45) is 0 Å². The van der Waals surface area contributed by atoms with Gasteiger partial charge < -0.3 is 10.2 Å². The van der Waals surface area contributed by atoms with Crippen LogP contribution < -0.4 is 5.32 Å². The van der Waals surface area contributed by atoms with Gasteiger partial charge in [-0.1, -0.05) is 5.21 Å². The van der Waals surface area contributed by atoms with E-state index in [1.807, 2.05) is 24.3 Å². The smallest absolute Gasteiger partial charge is 0.247 e. The van der Waals surface area contributed by atoms with Crippen LogP contribution in [0.15, 0.2) is 36.7 Å². The highest BCUT2D eigenvalue weighted by Gasteiger charge is 2.32. The van der Waals surface area contributed by atoms with Crippen LogP contribution in [0.4, 0.5) is 5.69 Å². The Balaban J connectivity index is 1.68. The molecule has 0 saturated carbocycles. The van der Waals surface area contributed by atoms with Crippen molar-refractivity contribution < 1.29 is 9.59 Å². The number of anilines is 1. The summed E-state index contributed by atoms with van der Waals surface area (Å²) < 4.78 is 1.64. The van der Waals surface area contributed by atoms with Crippen molar-refractivity contribution in [1.82, 2.24) is 19.9 Å². The molecular formula is C15H17N5O2. The minimum atomic E-state index is -0.368. The molecule has 22 heavy (non-hydrogen) atoms. The molecule has 2 amide bonds. The topological polar surface area (TPSA) is 80.1 Å². The van der Waals surface area contributed by atoms with Gasteiger partial charge in [0.05, 0.1) is 18.1 Å². The van der Waals surface area contributed by atoms with Gasteiger partial charge in [-0.15, -0.1) is 5.10 Å². The molecule has 3 rings (SSSR count). The second-order valence-electron chi connectivity index (χ2n) is 5.25. The van der Waals surface area contributed by atoms with Crippen LogP contribution in [0.3, 0.4) is 0 Å². The van der Waals surface area contributed by atoms with E-state index in [1.54, 1.807) is 22.0 Å². The molecule has 114 valence electrons. The van der Waals surface area contributed by atoms with E-state index < -0.39 is 0 Å². The van der Waals surface area contributed by atoms with Crippen LogP contribution in [0.1, 0.15) is 19.8 Å². The number of nitrogens with one attached hydrogen (secondary N) is 1. The van der Waals surface area contributed by atoms with Crippen molar-refractivity contribution in [1.29, 1.82) is 0 Å². The van der Waals surface area contributed by atoms with E-state index in [-0.39, 0.29) is 17.9 Å². The standard InChI is InChI=1S/C15H17N5O2/c1-11(21)19-9-2-3-14(19)15(22)17-12-4-6-13(7-5-12)20-10-8-16-18-20/h4-8,10,14H,2-3,9H2,1H3,(H,17,22)/t14-/m1/s1. The van der Waals surface area contributed by atoms with Crippen LogP contribution in [0, 0.1) is 0 Å². The molecule has 0 spiro atoms.